The number of nitrogens with zero attached hydrogens (tertiary/aromatic N) is 4. The maximum atomic E-state index is 5.79. The average molecular weight is 354 g/mol. The molecule has 0 amide bonds. The van der Waals surface area contributed by atoms with E-state index in [0.717, 1.165) is 37.2 Å². The Morgan fingerprint density at radius 3 is 2.52 bits per heavy atom. The van der Waals surface area contributed by atoms with Gasteiger partial charge in [-0.15, -0.1) is 10.2 Å². The first-order valence-electron chi connectivity index (χ1n) is 8.97. The molecule has 1 aromatic rings. The number of rotatable bonds is 11. The molecule has 25 heavy (non-hydrogen) atoms. The van der Waals surface area contributed by atoms with Crippen LogP contribution in [0.4, 0.5) is 0 Å². The molecule has 2 N–H and O–H groups in total. The molecule has 1 unspecified atom stereocenters. The Morgan fingerprint density at radius 1 is 1.24 bits per heavy atom. The van der Waals surface area contributed by atoms with Crippen molar-refractivity contribution < 1.29 is 9.47 Å². The Morgan fingerprint density at radius 2 is 1.96 bits per heavy atom. The highest BCUT2D eigenvalue weighted by Gasteiger charge is 2.13. The first-order chi connectivity index (χ1) is 12.0. The van der Waals surface area contributed by atoms with Crippen molar-refractivity contribution in [1.82, 2.24) is 25.4 Å². The van der Waals surface area contributed by atoms with Gasteiger partial charge in [-0.3, -0.25) is 0 Å². The molecule has 0 radical (unpaired) electrons. The van der Waals surface area contributed by atoms with Gasteiger partial charge in [0.15, 0.2) is 11.8 Å². The van der Waals surface area contributed by atoms with E-state index in [1.807, 2.05) is 25.5 Å². The van der Waals surface area contributed by atoms with E-state index in [1.54, 1.807) is 7.11 Å². The van der Waals surface area contributed by atoms with E-state index in [1.165, 1.54) is 0 Å². The summed E-state index contributed by atoms with van der Waals surface area (Å²) in [5.74, 6) is 2.95. The largest absolute Gasteiger partial charge is 0.383 e. The number of hydrogen-bond donors (Lipinski definition) is 2. The van der Waals surface area contributed by atoms with Crippen molar-refractivity contribution in [2.24, 2.45) is 18.0 Å². The van der Waals surface area contributed by atoms with Crippen LogP contribution in [0.1, 0.15) is 38.8 Å². The first-order valence-corrected chi connectivity index (χ1v) is 8.97. The fourth-order valence-electron chi connectivity index (χ4n) is 2.34. The van der Waals surface area contributed by atoms with Crippen molar-refractivity contribution in [2.45, 2.75) is 46.8 Å². The molecule has 1 aromatic heterocycles. The highest BCUT2D eigenvalue weighted by Crippen LogP contribution is 2.09. The minimum Gasteiger partial charge on any atom is -0.383 e. The molecule has 8 heteroatoms. The lowest BCUT2D eigenvalue weighted by molar-refractivity contribution is 0.0258. The molecule has 0 spiro atoms. The summed E-state index contributed by atoms with van der Waals surface area (Å²) in [7, 11) is 3.63. The molecule has 0 aromatic carbocycles. The van der Waals surface area contributed by atoms with Gasteiger partial charge in [0.1, 0.15) is 12.4 Å². The van der Waals surface area contributed by atoms with Crippen LogP contribution >= 0.6 is 0 Å². The van der Waals surface area contributed by atoms with Crippen LogP contribution in [0.25, 0.3) is 0 Å². The van der Waals surface area contributed by atoms with Crippen molar-refractivity contribution in [3.63, 3.8) is 0 Å². The van der Waals surface area contributed by atoms with Gasteiger partial charge in [-0.05, 0) is 26.2 Å². The zero-order valence-electron chi connectivity index (χ0n) is 16.5. The molecule has 144 valence electrons. The second-order valence-electron chi connectivity index (χ2n) is 6.26. The second-order valence-corrected chi connectivity index (χ2v) is 6.26. The molecule has 0 fully saturated rings. The zero-order chi connectivity index (χ0) is 18.7. The quantitative estimate of drug-likeness (QED) is 0.353. The molecular formula is C17H34N6O2. The number of aliphatic imine (C=N–C) groups is 1. The van der Waals surface area contributed by atoms with Crippen molar-refractivity contribution in [3.05, 3.63) is 11.6 Å². The van der Waals surface area contributed by atoms with Crippen LogP contribution in [0, 0.1) is 12.8 Å². The van der Waals surface area contributed by atoms with Gasteiger partial charge in [0.05, 0.1) is 12.7 Å². The van der Waals surface area contributed by atoms with Gasteiger partial charge in [-0.25, -0.2) is 4.99 Å². The van der Waals surface area contributed by atoms with Gasteiger partial charge in [0, 0.05) is 33.9 Å². The predicted molar refractivity (Wildman–Crippen MR) is 99.6 cm³/mol. The van der Waals surface area contributed by atoms with E-state index >= 15 is 0 Å². The van der Waals surface area contributed by atoms with Gasteiger partial charge in [0.25, 0.3) is 0 Å². The summed E-state index contributed by atoms with van der Waals surface area (Å²) in [6.45, 7) is 11.6. The standard InChI is InChI=1S/C17H34N6O2/c1-7-25-15(13(2)3)8-9-18-17(19-10-11-24-6)20-12-16-22-21-14(4)23(16)5/h13,15H,7-12H2,1-6H3,(H2,18,19,20). The molecule has 1 atom stereocenters. The summed E-state index contributed by atoms with van der Waals surface area (Å²) in [5, 5.41) is 14.8. The molecule has 0 saturated heterocycles. The van der Waals surface area contributed by atoms with E-state index < -0.39 is 0 Å². The van der Waals surface area contributed by atoms with Crippen molar-refractivity contribution in [1.29, 1.82) is 0 Å². The Balaban J connectivity index is 2.59. The third kappa shape index (κ3) is 7.83. The average Bonchev–Trinajstić information content (AvgIpc) is 2.90. The van der Waals surface area contributed by atoms with Crippen molar-refractivity contribution >= 4 is 5.96 Å². The van der Waals surface area contributed by atoms with Crippen LogP contribution in [0.3, 0.4) is 0 Å². The van der Waals surface area contributed by atoms with Crippen LogP contribution in [0.5, 0.6) is 0 Å². The fourth-order valence-corrected chi connectivity index (χ4v) is 2.34. The Hall–Kier alpha value is -1.67. The molecular weight excluding hydrogens is 320 g/mol. The van der Waals surface area contributed by atoms with E-state index in [-0.39, 0.29) is 6.10 Å². The SMILES string of the molecule is CCOC(CCNC(=NCc1nnc(C)n1C)NCCOC)C(C)C. The summed E-state index contributed by atoms with van der Waals surface area (Å²) in [6.07, 6.45) is 1.18. The van der Waals surface area contributed by atoms with Crippen LogP contribution in [0.2, 0.25) is 0 Å². The lowest BCUT2D eigenvalue weighted by atomic mass is 10.0. The fraction of sp³-hybridized carbons (Fsp3) is 0.824. The molecule has 8 nitrogen and oxygen atoms in total. The van der Waals surface area contributed by atoms with Gasteiger partial charge < -0.3 is 24.7 Å². The molecule has 0 aliphatic carbocycles. The van der Waals surface area contributed by atoms with Crippen molar-refractivity contribution in [3.8, 4) is 0 Å². The number of hydrogen-bond acceptors (Lipinski definition) is 5. The van der Waals surface area contributed by atoms with E-state index in [2.05, 4.69) is 39.7 Å². The van der Waals surface area contributed by atoms with Gasteiger partial charge in [0.2, 0.25) is 0 Å². The molecule has 0 bridgehead atoms. The summed E-state index contributed by atoms with van der Waals surface area (Å²) in [5.41, 5.74) is 0. The summed E-state index contributed by atoms with van der Waals surface area (Å²) < 4.78 is 12.8. The minimum atomic E-state index is 0.249. The van der Waals surface area contributed by atoms with Gasteiger partial charge >= 0.3 is 0 Å². The van der Waals surface area contributed by atoms with Gasteiger partial charge in [-0.2, -0.15) is 0 Å². The normalized spacial score (nSPS) is 13.3. The minimum absolute atomic E-state index is 0.249. The number of ether oxygens (including phenoxy) is 2. The number of methoxy groups -OCH3 is 1. The van der Waals surface area contributed by atoms with Crippen LogP contribution in [0.15, 0.2) is 4.99 Å². The second kappa shape index (κ2) is 11.8. The highest BCUT2D eigenvalue weighted by atomic mass is 16.5. The number of aromatic nitrogens is 3. The van der Waals surface area contributed by atoms with Crippen LogP contribution < -0.4 is 10.6 Å². The molecule has 0 aliphatic rings. The number of aryl methyl sites for hydroxylation is 1. The first kappa shape index (κ1) is 21.4. The molecule has 0 aliphatic heterocycles. The van der Waals surface area contributed by atoms with E-state index in [0.29, 0.717) is 25.6 Å². The smallest absolute Gasteiger partial charge is 0.191 e. The maximum Gasteiger partial charge on any atom is 0.191 e. The zero-order valence-corrected chi connectivity index (χ0v) is 16.5. The topological polar surface area (TPSA) is 85.6 Å². The maximum absolute atomic E-state index is 5.79. The Kier molecular flexibility index (Phi) is 10.1. The lowest BCUT2D eigenvalue weighted by Crippen LogP contribution is -2.40. The monoisotopic (exact) mass is 354 g/mol. The predicted octanol–water partition coefficient (Wildman–Crippen LogP) is 1.26. The third-order valence-corrected chi connectivity index (χ3v) is 4.01. The van der Waals surface area contributed by atoms with Crippen LogP contribution in [-0.2, 0) is 23.1 Å². The molecule has 1 heterocycles. The summed E-state index contributed by atoms with van der Waals surface area (Å²) in [6, 6.07) is 0. The van der Waals surface area contributed by atoms with Crippen LogP contribution in [-0.4, -0.2) is 60.2 Å². The number of guanidine groups is 1. The third-order valence-electron chi connectivity index (χ3n) is 4.01. The lowest BCUT2D eigenvalue weighted by Gasteiger charge is -2.21. The van der Waals surface area contributed by atoms with E-state index in [9.17, 15) is 0 Å². The highest BCUT2D eigenvalue weighted by molar-refractivity contribution is 5.79. The van der Waals surface area contributed by atoms with Gasteiger partial charge in [-0.1, -0.05) is 13.8 Å². The summed E-state index contributed by atoms with van der Waals surface area (Å²) in [4.78, 5) is 4.60. The summed E-state index contributed by atoms with van der Waals surface area (Å²) >= 11 is 0. The molecule has 1 rings (SSSR count). The number of nitrogens with one attached hydrogen (secondary N) is 2. The Labute approximate surface area is 151 Å². The molecule has 0 saturated carbocycles. The van der Waals surface area contributed by atoms with Crippen molar-refractivity contribution in [2.75, 3.05) is 33.4 Å². The van der Waals surface area contributed by atoms with E-state index in [4.69, 9.17) is 9.47 Å². The Bertz CT molecular complexity index is 515.